The van der Waals surface area contributed by atoms with E-state index < -0.39 is 11.7 Å². The average Bonchev–Trinajstić information content (AvgIpc) is 3.09. The van der Waals surface area contributed by atoms with E-state index in [1.54, 1.807) is 0 Å². The van der Waals surface area contributed by atoms with Gasteiger partial charge in [0, 0.05) is 21.3 Å². The maximum Gasteiger partial charge on any atom is 0.416 e. The van der Waals surface area contributed by atoms with Gasteiger partial charge in [0.2, 0.25) is 0 Å². The van der Waals surface area contributed by atoms with Crippen molar-refractivity contribution in [1.29, 1.82) is 0 Å². The van der Waals surface area contributed by atoms with Gasteiger partial charge in [0.25, 0.3) is 0 Å². The van der Waals surface area contributed by atoms with E-state index in [4.69, 9.17) is 0 Å². The highest BCUT2D eigenvalue weighted by Gasteiger charge is 2.31. The SMILES string of the molecule is CCc1ccc(-c2[nH]c3ccc(C(F)(F)F)cc3c2C=O)s1. The molecule has 0 aliphatic carbocycles. The molecule has 1 aromatic carbocycles. The van der Waals surface area contributed by atoms with E-state index >= 15 is 0 Å². The summed E-state index contributed by atoms with van der Waals surface area (Å²) in [5.41, 5.74) is 0.616. The maximum absolute atomic E-state index is 12.8. The Kier molecular flexibility index (Phi) is 3.56. The number of aldehydes is 1. The van der Waals surface area contributed by atoms with E-state index in [0.29, 0.717) is 22.9 Å². The topological polar surface area (TPSA) is 32.9 Å². The van der Waals surface area contributed by atoms with Gasteiger partial charge in [0.15, 0.2) is 6.29 Å². The number of nitrogens with one attached hydrogen (secondary N) is 1. The van der Waals surface area contributed by atoms with Crippen molar-refractivity contribution in [3.63, 3.8) is 0 Å². The number of halogens is 3. The van der Waals surface area contributed by atoms with Crippen molar-refractivity contribution >= 4 is 28.5 Å². The van der Waals surface area contributed by atoms with Crippen LogP contribution in [0.15, 0.2) is 30.3 Å². The van der Waals surface area contributed by atoms with Crippen LogP contribution in [0.4, 0.5) is 13.2 Å². The number of alkyl halides is 3. The lowest BCUT2D eigenvalue weighted by molar-refractivity contribution is -0.137. The second-order valence-electron chi connectivity index (χ2n) is 4.91. The van der Waals surface area contributed by atoms with Crippen LogP contribution in [-0.4, -0.2) is 11.3 Å². The molecule has 2 nitrogen and oxygen atoms in total. The molecule has 0 atom stereocenters. The number of fused-ring (bicyclic) bond motifs is 1. The lowest BCUT2D eigenvalue weighted by Crippen LogP contribution is -2.04. The number of aromatic amines is 1. The molecule has 1 N–H and O–H groups in total. The number of hydrogen-bond acceptors (Lipinski definition) is 2. The number of H-pyrrole nitrogens is 1. The molecule has 0 aliphatic rings. The molecule has 0 aliphatic heterocycles. The molecule has 0 saturated heterocycles. The first-order valence-electron chi connectivity index (χ1n) is 6.71. The summed E-state index contributed by atoms with van der Waals surface area (Å²) in [6, 6.07) is 7.24. The first-order chi connectivity index (χ1) is 10.4. The Labute approximate surface area is 128 Å². The van der Waals surface area contributed by atoms with Crippen LogP contribution in [0, 0.1) is 0 Å². The lowest BCUT2D eigenvalue weighted by Gasteiger charge is -2.05. The first kappa shape index (κ1) is 14.8. The summed E-state index contributed by atoms with van der Waals surface area (Å²) < 4.78 is 38.5. The number of carbonyl (C=O) groups excluding carboxylic acids is 1. The Morgan fingerprint density at radius 3 is 2.59 bits per heavy atom. The van der Waals surface area contributed by atoms with Crippen LogP contribution in [0.1, 0.15) is 27.7 Å². The number of benzene rings is 1. The van der Waals surface area contributed by atoms with Gasteiger partial charge in [-0.3, -0.25) is 4.79 Å². The minimum absolute atomic E-state index is 0.269. The normalized spacial score (nSPS) is 12.0. The molecular formula is C16H12F3NOS. The summed E-state index contributed by atoms with van der Waals surface area (Å²) in [5, 5.41) is 0.297. The zero-order valence-electron chi connectivity index (χ0n) is 11.6. The van der Waals surface area contributed by atoms with Crippen LogP contribution in [0.5, 0.6) is 0 Å². The van der Waals surface area contributed by atoms with E-state index in [1.165, 1.54) is 17.4 Å². The Bertz CT molecular complexity index is 845. The molecule has 0 fully saturated rings. The highest BCUT2D eigenvalue weighted by Crippen LogP contribution is 2.37. The smallest absolute Gasteiger partial charge is 0.353 e. The van der Waals surface area contributed by atoms with Crippen LogP contribution in [0.3, 0.4) is 0 Å². The first-order valence-corrected chi connectivity index (χ1v) is 7.53. The lowest BCUT2D eigenvalue weighted by atomic mass is 10.1. The van der Waals surface area contributed by atoms with E-state index in [2.05, 4.69) is 4.98 Å². The fourth-order valence-corrected chi connectivity index (χ4v) is 3.37. The Balaban J connectivity index is 2.21. The number of aryl methyl sites for hydroxylation is 1. The van der Waals surface area contributed by atoms with Gasteiger partial charge in [-0.25, -0.2) is 0 Å². The van der Waals surface area contributed by atoms with Crippen molar-refractivity contribution in [3.8, 4) is 10.6 Å². The second kappa shape index (κ2) is 5.28. The number of aromatic nitrogens is 1. The Hall–Kier alpha value is -2.08. The third-order valence-corrected chi connectivity index (χ3v) is 4.79. The molecule has 0 spiro atoms. The molecule has 3 aromatic rings. The molecule has 2 aromatic heterocycles. The zero-order chi connectivity index (χ0) is 15.9. The van der Waals surface area contributed by atoms with E-state index in [1.807, 2.05) is 19.1 Å². The van der Waals surface area contributed by atoms with Crippen molar-refractivity contribution in [3.05, 3.63) is 46.3 Å². The molecule has 0 unspecified atom stereocenters. The van der Waals surface area contributed by atoms with Gasteiger partial charge in [-0.2, -0.15) is 13.2 Å². The van der Waals surface area contributed by atoms with Crippen molar-refractivity contribution in [1.82, 2.24) is 4.98 Å². The van der Waals surface area contributed by atoms with Crippen molar-refractivity contribution in [2.24, 2.45) is 0 Å². The molecule has 0 amide bonds. The molecule has 0 saturated carbocycles. The fourth-order valence-electron chi connectivity index (χ4n) is 2.41. The van der Waals surface area contributed by atoms with Gasteiger partial charge in [0.05, 0.1) is 16.1 Å². The molecule has 3 rings (SSSR count). The van der Waals surface area contributed by atoms with Gasteiger partial charge < -0.3 is 4.98 Å². The number of rotatable bonds is 3. The molecule has 22 heavy (non-hydrogen) atoms. The van der Waals surface area contributed by atoms with Gasteiger partial charge >= 0.3 is 6.18 Å². The number of thiophene rings is 1. The largest absolute Gasteiger partial charge is 0.416 e. The monoisotopic (exact) mass is 323 g/mol. The van der Waals surface area contributed by atoms with E-state index in [-0.39, 0.29) is 5.56 Å². The van der Waals surface area contributed by atoms with Crippen molar-refractivity contribution < 1.29 is 18.0 Å². The van der Waals surface area contributed by atoms with Crippen LogP contribution in [0.25, 0.3) is 21.5 Å². The molecule has 2 heterocycles. The molecule has 0 bridgehead atoms. The molecule has 114 valence electrons. The summed E-state index contributed by atoms with van der Waals surface area (Å²) in [6.45, 7) is 2.02. The molecule has 6 heteroatoms. The van der Waals surface area contributed by atoms with Gasteiger partial charge in [-0.15, -0.1) is 11.3 Å². The predicted molar refractivity (Wildman–Crippen MR) is 81.4 cm³/mol. The summed E-state index contributed by atoms with van der Waals surface area (Å²) in [7, 11) is 0. The average molecular weight is 323 g/mol. The van der Waals surface area contributed by atoms with Crippen LogP contribution in [0.2, 0.25) is 0 Å². The molecular weight excluding hydrogens is 311 g/mol. The second-order valence-corrected chi connectivity index (χ2v) is 6.08. The quantitative estimate of drug-likeness (QED) is 0.653. The summed E-state index contributed by atoms with van der Waals surface area (Å²) in [5.74, 6) is 0. The number of carbonyl (C=O) groups is 1. The van der Waals surface area contributed by atoms with Gasteiger partial charge in [-0.05, 0) is 36.8 Å². The molecule has 0 radical (unpaired) electrons. The van der Waals surface area contributed by atoms with Crippen molar-refractivity contribution in [2.45, 2.75) is 19.5 Å². The minimum atomic E-state index is -4.43. The van der Waals surface area contributed by atoms with E-state index in [0.717, 1.165) is 28.3 Å². The van der Waals surface area contributed by atoms with E-state index in [9.17, 15) is 18.0 Å². The van der Waals surface area contributed by atoms with Crippen LogP contribution < -0.4 is 0 Å². The standard InChI is InChI=1S/C16H12F3NOS/c1-2-10-4-6-14(22-10)15-12(8-21)11-7-9(16(17,18)19)3-5-13(11)20-15/h3-8,20H,2H2,1H3. The Morgan fingerprint density at radius 1 is 1.23 bits per heavy atom. The third kappa shape index (κ3) is 2.43. The summed E-state index contributed by atoms with van der Waals surface area (Å²) in [4.78, 5) is 16.5. The van der Waals surface area contributed by atoms with Crippen molar-refractivity contribution in [2.75, 3.05) is 0 Å². The number of hydrogen-bond donors (Lipinski definition) is 1. The zero-order valence-corrected chi connectivity index (χ0v) is 12.4. The summed E-state index contributed by atoms with van der Waals surface area (Å²) in [6.07, 6.45) is -2.94. The minimum Gasteiger partial charge on any atom is -0.353 e. The fraction of sp³-hybridized carbons (Fsp3) is 0.188. The van der Waals surface area contributed by atoms with Crippen LogP contribution in [-0.2, 0) is 12.6 Å². The highest BCUT2D eigenvalue weighted by atomic mass is 32.1. The predicted octanol–water partition coefficient (Wildman–Crippen LogP) is 5.29. The third-order valence-electron chi connectivity index (χ3n) is 3.54. The van der Waals surface area contributed by atoms with Gasteiger partial charge in [-0.1, -0.05) is 6.92 Å². The van der Waals surface area contributed by atoms with Gasteiger partial charge in [0.1, 0.15) is 0 Å². The maximum atomic E-state index is 12.8. The highest BCUT2D eigenvalue weighted by molar-refractivity contribution is 7.15. The Morgan fingerprint density at radius 2 is 2.00 bits per heavy atom. The summed E-state index contributed by atoms with van der Waals surface area (Å²) >= 11 is 1.53. The van der Waals surface area contributed by atoms with Crippen LogP contribution >= 0.6 is 11.3 Å².